The summed E-state index contributed by atoms with van der Waals surface area (Å²) >= 11 is 0. The summed E-state index contributed by atoms with van der Waals surface area (Å²) in [5.74, 6) is 0.305. The Hall–Kier alpha value is -0.590. The van der Waals surface area contributed by atoms with Gasteiger partial charge in [-0.3, -0.25) is 0 Å². The van der Waals surface area contributed by atoms with Gasteiger partial charge in [-0.25, -0.2) is 0 Å². The maximum Gasteiger partial charge on any atom is 0.123 e. The van der Waals surface area contributed by atoms with E-state index < -0.39 is 0 Å². The Bertz CT molecular complexity index is 149. The molecule has 0 bridgehead atoms. The smallest absolute Gasteiger partial charge is 0.123 e. The number of carbonyl (C=O) groups excluding carboxylic acids is 1. The van der Waals surface area contributed by atoms with E-state index in [4.69, 9.17) is 0 Å². The molecule has 1 unspecified atom stereocenters. The molecule has 1 heteroatoms. The van der Waals surface area contributed by atoms with Crippen LogP contribution in [0.3, 0.4) is 0 Å². The largest absolute Gasteiger partial charge is 0.303 e. The van der Waals surface area contributed by atoms with E-state index in [1.54, 1.807) is 0 Å². The number of allylic oxidation sites excluding steroid dienone is 2. The summed E-state index contributed by atoms with van der Waals surface area (Å²) in [6.07, 6.45) is 13.6. The predicted molar refractivity (Wildman–Crippen MR) is 62.4 cm³/mol. The number of carbonyl (C=O) groups is 1. The normalized spacial score (nSPS) is 13.3. The maximum atomic E-state index is 10.6. The molecule has 0 spiro atoms. The lowest BCUT2D eigenvalue weighted by molar-refractivity contribution is -0.111. The first-order valence-electron chi connectivity index (χ1n) is 5.95. The summed E-state index contributed by atoms with van der Waals surface area (Å²) in [4.78, 5) is 10.6. The van der Waals surface area contributed by atoms with Crippen molar-refractivity contribution in [2.24, 2.45) is 5.92 Å². The van der Waals surface area contributed by atoms with Gasteiger partial charge in [0, 0.05) is 5.92 Å². The Morgan fingerprint density at radius 2 is 1.71 bits per heavy atom. The van der Waals surface area contributed by atoms with Crippen LogP contribution >= 0.6 is 0 Å². The van der Waals surface area contributed by atoms with Crippen molar-refractivity contribution in [1.29, 1.82) is 0 Å². The van der Waals surface area contributed by atoms with E-state index >= 15 is 0 Å². The van der Waals surface area contributed by atoms with Crippen LogP contribution < -0.4 is 0 Å². The van der Waals surface area contributed by atoms with E-state index in [0.717, 1.165) is 38.4 Å². The highest BCUT2D eigenvalue weighted by molar-refractivity contribution is 5.53. The fraction of sp³-hybridized carbons (Fsp3) is 0.769. The molecule has 82 valence electrons. The predicted octanol–water partition coefficient (Wildman–Crippen LogP) is 4.13. The first-order chi connectivity index (χ1) is 6.85. The SMILES string of the molecule is CCCC=CCCCC(C=O)CCC. The second-order valence-electron chi connectivity index (χ2n) is 3.88. The fourth-order valence-electron chi connectivity index (χ4n) is 1.55. The third kappa shape index (κ3) is 8.03. The number of rotatable bonds is 9. The lowest BCUT2D eigenvalue weighted by Gasteiger charge is -2.06. The molecule has 0 aromatic rings. The summed E-state index contributed by atoms with van der Waals surface area (Å²) in [6.45, 7) is 4.33. The van der Waals surface area contributed by atoms with Gasteiger partial charge in [-0.1, -0.05) is 38.8 Å². The zero-order chi connectivity index (χ0) is 10.6. The van der Waals surface area contributed by atoms with Gasteiger partial charge in [0.15, 0.2) is 0 Å². The Labute approximate surface area is 88.6 Å². The molecule has 0 radical (unpaired) electrons. The molecule has 0 aromatic carbocycles. The van der Waals surface area contributed by atoms with Crippen LogP contribution in [0, 0.1) is 5.92 Å². The minimum atomic E-state index is 0.305. The van der Waals surface area contributed by atoms with Gasteiger partial charge in [0.2, 0.25) is 0 Å². The Morgan fingerprint density at radius 3 is 2.29 bits per heavy atom. The van der Waals surface area contributed by atoms with Crippen molar-refractivity contribution < 1.29 is 4.79 Å². The van der Waals surface area contributed by atoms with E-state index in [2.05, 4.69) is 26.0 Å². The molecule has 0 aliphatic rings. The van der Waals surface area contributed by atoms with Gasteiger partial charge in [0.05, 0.1) is 0 Å². The molecule has 1 atom stereocenters. The number of unbranched alkanes of at least 4 members (excludes halogenated alkanes) is 2. The van der Waals surface area contributed by atoms with Crippen LogP contribution in [0.2, 0.25) is 0 Å². The minimum absolute atomic E-state index is 0.305. The van der Waals surface area contributed by atoms with Crippen LogP contribution in [0.5, 0.6) is 0 Å². The molecule has 0 saturated heterocycles. The van der Waals surface area contributed by atoms with Gasteiger partial charge in [0.1, 0.15) is 6.29 Å². The summed E-state index contributed by atoms with van der Waals surface area (Å²) < 4.78 is 0. The standard InChI is InChI=1S/C13H24O/c1-3-5-6-7-8-9-11-13(12-14)10-4-2/h6-7,12-13H,3-5,8-11H2,1-2H3. The molecule has 0 rings (SSSR count). The molecule has 0 amide bonds. The highest BCUT2D eigenvalue weighted by Gasteiger charge is 2.03. The number of hydrogen-bond donors (Lipinski definition) is 0. The molecule has 0 fully saturated rings. The minimum Gasteiger partial charge on any atom is -0.303 e. The summed E-state index contributed by atoms with van der Waals surface area (Å²) in [7, 11) is 0. The van der Waals surface area contributed by atoms with Gasteiger partial charge in [0.25, 0.3) is 0 Å². The summed E-state index contributed by atoms with van der Waals surface area (Å²) in [5, 5.41) is 0. The average Bonchev–Trinajstić information content (AvgIpc) is 2.21. The van der Waals surface area contributed by atoms with Crippen molar-refractivity contribution in [2.45, 2.75) is 58.8 Å². The molecule has 0 heterocycles. The Morgan fingerprint density at radius 1 is 1.00 bits per heavy atom. The van der Waals surface area contributed by atoms with Crippen molar-refractivity contribution in [3.8, 4) is 0 Å². The van der Waals surface area contributed by atoms with Gasteiger partial charge in [-0.05, 0) is 32.1 Å². The lowest BCUT2D eigenvalue weighted by atomic mass is 9.98. The van der Waals surface area contributed by atoms with Gasteiger partial charge >= 0.3 is 0 Å². The highest BCUT2D eigenvalue weighted by Crippen LogP contribution is 2.12. The molecule has 0 aliphatic carbocycles. The number of hydrogen-bond acceptors (Lipinski definition) is 1. The van der Waals surface area contributed by atoms with Gasteiger partial charge in [-0.15, -0.1) is 0 Å². The molecular weight excluding hydrogens is 172 g/mol. The van der Waals surface area contributed by atoms with Crippen molar-refractivity contribution in [1.82, 2.24) is 0 Å². The first-order valence-corrected chi connectivity index (χ1v) is 5.95. The van der Waals surface area contributed by atoms with Crippen LogP contribution in [0.1, 0.15) is 58.8 Å². The van der Waals surface area contributed by atoms with Crippen molar-refractivity contribution >= 4 is 6.29 Å². The zero-order valence-electron chi connectivity index (χ0n) is 9.67. The zero-order valence-corrected chi connectivity index (χ0v) is 9.67. The van der Waals surface area contributed by atoms with E-state index in [9.17, 15) is 4.79 Å². The fourth-order valence-corrected chi connectivity index (χ4v) is 1.55. The van der Waals surface area contributed by atoms with Crippen molar-refractivity contribution in [3.05, 3.63) is 12.2 Å². The monoisotopic (exact) mass is 196 g/mol. The first kappa shape index (κ1) is 13.4. The molecular formula is C13H24O. The van der Waals surface area contributed by atoms with E-state index in [-0.39, 0.29) is 0 Å². The maximum absolute atomic E-state index is 10.6. The number of aldehydes is 1. The molecule has 0 N–H and O–H groups in total. The van der Waals surface area contributed by atoms with Crippen molar-refractivity contribution in [3.63, 3.8) is 0 Å². The Balaban J connectivity index is 3.36. The van der Waals surface area contributed by atoms with Crippen LogP contribution in [0.25, 0.3) is 0 Å². The molecule has 0 aliphatic heterocycles. The van der Waals surface area contributed by atoms with E-state index in [1.807, 2.05) is 0 Å². The third-order valence-electron chi connectivity index (χ3n) is 2.42. The van der Waals surface area contributed by atoms with Gasteiger partial charge < -0.3 is 4.79 Å². The van der Waals surface area contributed by atoms with E-state index in [0.29, 0.717) is 5.92 Å². The van der Waals surface area contributed by atoms with Crippen LogP contribution in [0.4, 0.5) is 0 Å². The van der Waals surface area contributed by atoms with Crippen LogP contribution in [-0.2, 0) is 4.79 Å². The molecule has 14 heavy (non-hydrogen) atoms. The highest BCUT2D eigenvalue weighted by atomic mass is 16.1. The second-order valence-corrected chi connectivity index (χ2v) is 3.88. The van der Waals surface area contributed by atoms with Crippen molar-refractivity contribution in [2.75, 3.05) is 0 Å². The average molecular weight is 196 g/mol. The molecule has 1 nitrogen and oxygen atoms in total. The van der Waals surface area contributed by atoms with Crippen LogP contribution in [-0.4, -0.2) is 6.29 Å². The van der Waals surface area contributed by atoms with Gasteiger partial charge in [-0.2, -0.15) is 0 Å². The summed E-state index contributed by atoms with van der Waals surface area (Å²) in [6, 6.07) is 0. The Kier molecular flexibility index (Phi) is 10.0. The second kappa shape index (κ2) is 10.5. The van der Waals surface area contributed by atoms with E-state index in [1.165, 1.54) is 12.8 Å². The topological polar surface area (TPSA) is 17.1 Å². The summed E-state index contributed by atoms with van der Waals surface area (Å²) in [5.41, 5.74) is 0. The molecule has 0 saturated carbocycles. The van der Waals surface area contributed by atoms with Crippen LogP contribution in [0.15, 0.2) is 12.2 Å². The lowest BCUT2D eigenvalue weighted by Crippen LogP contribution is -2.00. The third-order valence-corrected chi connectivity index (χ3v) is 2.42. The molecule has 0 aromatic heterocycles. The quantitative estimate of drug-likeness (QED) is 0.308.